The van der Waals surface area contributed by atoms with Gasteiger partial charge < -0.3 is 4.90 Å². The van der Waals surface area contributed by atoms with Gasteiger partial charge in [0.25, 0.3) is 5.91 Å². The zero-order valence-electron chi connectivity index (χ0n) is 11.4. The zero-order chi connectivity index (χ0) is 14.4. The lowest BCUT2D eigenvalue weighted by molar-refractivity contribution is 0.0742. The molecule has 1 aromatic carbocycles. The van der Waals surface area contributed by atoms with E-state index in [2.05, 4.69) is 27.8 Å². The van der Waals surface area contributed by atoms with Gasteiger partial charge in [-0.1, -0.05) is 37.3 Å². The Morgan fingerprint density at radius 3 is 2.55 bits per heavy atom. The highest BCUT2D eigenvalue weighted by molar-refractivity contribution is 9.10. The summed E-state index contributed by atoms with van der Waals surface area (Å²) in [5.74, 6) is 0.0238. The van der Waals surface area contributed by atoms with Crippen LogP contribution in [0.15, 0.2) is 53.3 Å². The van der Waals surface area contributed by atoms with E-state index in [-0.39, 0.29) is 5.91 Å². The predicted octanol–water partition coefficient (Wildman–Crippen LogP) is 3.90. The molecule has 0 saturated heterocycles. The second kappa shape index (κ2) is 7.20. The fourth-order valence-electron chi connectivity index (χ4n) is 2.01. The third-order valence-electron chi connectivity index (χ3n) is 2.97. The maximum atomic E-state index is 12.5. The highest BCUT2D eigenvalue weighted by Crippen LogP contribution is 2.12. The molecule has 0 bridgehead atoms. The lowest BCUT2D eigenvalue weighted by atomic mass is 10.2. The largest absolute Gasteiger partial charge is 0.334 e. The molecule has 0 aliphatic carbocycles. The van der Waals surface area contributed by atoms with Crippen LogP contribution in [-0.2, 0) is 6.54 Å². The Balaban J connectivity index is 2.15. The molecule has 1 amide bonds. The minimum Gasteiger partial charge on any atom is -0.334 e. The lowest BCUT2D eigenvalue weighted by Crippen LogP contribution is -2.31. The summed E-state index contributed by atoms with van der Waals surface area (Å²) >= 11 is 3.28. The number of benzene rings is 1. The molecule has 0 fully saturated rings. The third-order valence-corrected chi connectivity index (χ3v) is 3.44. The Hall–Kier alpha value is -1.68. The summed E-state index contributed by atoms with van der Waals surface area (Å²) in [5, 5.41) is 0. The Morgan fingerprint density at radius 2 is 1.95 bits per heavy atom. The monoisotopic (exact) mass is 332 g/mol. The standard InChI is InChI=1S/C16H17BrN2O/c1-2-10-19(12-13-6-4-3-5-7-13)16(20)14-8-9-15(17)18-11-14/h3-9,11H,2,10,12H2,1H3. The number of halogens is 1. The molecule has 0 aliphatic heterocycles. The molecule has 104 valence electrons. The van der Waals surface area contributed by atoms with Crippen molar-refractivity contribution in [2.24, 2.45) is 0 Å². The number of aromatic nitrogens is 1. The molecule has 1 heterocycles. The van der Waals surface area contributed by atoms with E-state index in [9.17, 15) is 4.79 Å². The molecule has 20 heavy (non-hydrogen) atoms. The summed E-state index contributed by atoms with van der Waals surface area (Å²) in [7, 11) is 0. The van der Waals surface area contributed by atoms with Crippen molar-refractivity contribution in [1.29, 1.82) is 0 Å². The van der Waals surface area contributed by atoms with Crippen molar-refractivity contribution in [2.45, 2.75) is 19.9 Å². The molecule has 0 atom stereocenters. The smallest absolute Gasteiger partial charge is 0.255 e. The van der Waals surface area contributed by atoms with Crippen LogP contribution in [0.4, 0.5) is 0 Å². The third kappa shape index (κ3) is 3.90. The van der Waals surface area contributed by atoms with Gasteiger partial charge in [-0.2, -0.15) is 0 Å². The van der Waals surface area contributed by atoms with E-state index in [1.807, 2.05) is 35.2 Å². The SMILES string of the molecule is CCCN(Cc1ccccc1)C(=O)c1ccc(Br)nc1. The number of carbonyl (C=O) groups is 1. The highest BCUT2D eigenvalue weighted by Gasteiger charge is 2.15. The van der Waals surface area contributed by atoms with Crippen LogP contribution in [0.5, 0.6) is 0 Å². The molecule has 0 radical (unpaired) electrons. The van der Waals surface area contributed by atoms with Gasteiger partial charge >= 0.3 is 0 Å². The second-order valence-corrected chi connectivity index (χ2v) is 5.39. The summed E-state index contributed by atoms with van der Waals surface area (Å²) in [4.78, 5) is 18.5. The summed E-state index contributed by atoms with van der Waals surface area (Å²) in [6.45, 7) is 3.44. The Kier molecular flexibility index (Phi) is 5.30. The highest BCUT2D eigenvalue weighted by atomic mass is 79.9. The first-order valence-electron chi connectivity index (χ1n) is 6.65. The first kappa shape index (κ1) is 14.7. The molecular formula is C16H17BrN2O. The molecule has 2 rings (SSSR count). The maximum absolute atomic E-state index is 12.5. The van der Waals surface area contributed by atoms with Gasteiger partial charge in [0.05, 0.1) is 5.56 Å². The Labute approximate surface area is 127 Å². The van der Waals surface area contributed by atoms with E-state index >= 15 is 0 Å². The van der Waals surface area contributed by atoms with Crippen LogP contribution < -0.4 is 0 Å². The number of nitrogens with zero attached hydrogens (tertiary/aromatic N) is 2. The number of carbonyl (C=O) groups excluding carboxylic acids is 1. The van der Waals surface area contributed by atoms with Crippen molar-refractivity contribution in [3.05, 3.63) is 64.4 Å². The molecule has 0 aliphatic rings. The molecule has 4 heteroatoms. The lowest BCUT2D eigenvalue weighted by Gasteiger charge is -2.22. The van der Waals surface area contributed by atoms with Crippen LogP contribution in [-0.4, -0.2) is 22.3 Å². The van der Waals surface area contributed by atoms with Gasteiger partial charge in [-0.25, -0.2) is 4.98 Å². The van der Waals surface area contributed by atoms with Crippen molar-refractivity contribution in [3.8, 4) is 0 Å². The van der Waals surface area contributed by atoms with E-state index < -0.39 is 0 Å². The van der Waals surface area contributed by atoms with E-state index in [1.54, 1.807) is 18.3 Å². The van der Waals surface area contributed by atoms with Gasteiger partial charge in [0.15, 0.2) is 0 Å². The van der Waals surface area contributed by atoms with Crippen LogP contribution in [0, 0.1) is 0 Å². The van der Waals surface area contributed by atoms with E-state index in [0.29, 0.717) is 12.1 Å². The normalized spacial score (nSPS) is 10.3. The van der Waals surface area contributed by atoms with E-state index in [4.69, 9.17) is 0 Å². The Bertz CT molecular complexity index is 554. The average molecular weight is 333 g/mol. The van der Waals surface area contributed by atoms with E-state index in [0.717, 1.165) is 23.1 Å². The first-order valence-corrected chi connectivity index (χ1v) is 7.44. The summed E-state index contributed by atoms with van der Waals surface area (Å²) in [6, 6.07) is 13.6. The quantitative estimate of drug-likeness (QED) is 0.778. The first-order chi connectivity index (χ1) is 9.70. The van der Waals surface area contributed by atoms with Gasteiger partial charge in [-0.15, -0.1) is 0 Å². The summed E-state index contributed by atoms with van der Waals surface area (Å²) in [6.07, 6.45) is 2.54. The topological polar surface area (TPSA) is 33.2 Å². The molecule has 2 aromatic rings. The number of amides is 1. The number of hydrogen-bond acceptors (Lipinski definition) is 2. The van der Waals surface area contributed by atoms with Gasteiger partial charge in [0.1, 0.15) is 4.60 Å². The van der Waals surface area contributed by atoms with Gasteiger partial charge in [0.2, 0.25) is 0 Å². The van der Waals surface area contributed by atoms with Crippen molar-refractivity contribution >= 4 is 21.8 Å². The molecule has 0 N–H and O–H groups in total. The maximum Gasteiger partial charge on any atom is 0.255 e. The molecule has 3 nitrogen and oxygen atoms in total. The van der Waals surface area contributed by atoms with Crippen LogP contribution in [0.2, 0.25) is 0 Å². The number of hydrogen-bond donors (Lipinski definition) is 0. The predicted molar refractivity (Wildman–Crippen MR) is 83.4 cm³/mol. The molecule has 0 unspecified atom stereocenters. The van der Waals surface area contributed by atoms with Gasteiger partial charge in [0, 0.05) is 19.3 Å². The summed E-state index contributed by atoms with van der Waals surface area (Å²) < 4.78 is 0.735. The molecule has 1 aromatic heterocycles. The fraction of sp³-hybridized carbons (Fsp3) is 0.250. The second-order valence-electron chi connectivity index (χ2n) is 4.58. The summed E-state index contributed by atoms with van der Waals surface area (Å²) in [5.41, 5.74) is 1.76. The van der Waals surface area contributed by atoms with Crippen LogP contribution >= 0.6 is 15.9 Å². The van der Waals surface area contributed by atoms with Crippen LogP contribution in [0.1, 0.15) is 29.3 Å². The zero-order valence-corrected chi connectivity index (χ0v) is 13.0. The average Bonchev–Trinajstić information content (AvgIpc) is 2.48. The van der Waals surface area contributed by atoms with Gasteiger partial charge in [-0.3, -0.25) is 4.79 Å². The molecule has 0 saturated carbocycles. The van der Waals surface area contributed by atoms with Crippen LogP contribution in [0.3, 0.4) is 0 Å². The van der Waals surface area contributed by atoms with Crippen molar-refractivity contribution < 1.29 is 4.79 Å². The number of rotatable bonds is 5. The molecule has 0 spiro atoms. The van der Waals surface area contributed by atoms with Gasteiger partial charge in [-0.05, 0) is 40.0 Å². The van der Waals surface area contributed by atoms with Crippen LogP contribution in [0.25, 0.3) is 0 Å². The molecular weight excluding hydrogens is 316 g/mol. The number of pyridine rings is 1. The minimum absolute atomic E-state index is 0.0238. The van der Waals surface area contributed by atoms with Crippen molar-refractivity contribution in [1.82, 2.24) is 9.88 Å². The van der Waals surface area contributed by atoms with Crippen molar-refractivity contribution in [3.63, 3.8) is 0 Å². The minimum atomic E-state index is 0.0238. The fourth-order valence-corrected chi connectivity index (χ4v) is 2.25. The Morgan fingerprint density at radius 1 is 1.20 bits per heavy atom. The van der Waals surface area contributed by atoms with E-state index in [1.165, 1.54) is 0 Å². The van der Waals surface area contributed by atoms with Crippen molar-refractivity contribution in [2.75, 3.05) is 6.54 Å².